The van der Waals surface area contributed by atoms with E-state index < -0.39 is 0 Å². The Morgan fingerprint density at radius 2 is 1.94 bits per heavy atom. The van der Waals surface area contributed by atoms with Crippen molar-refractivity contribution in [1.82, 2.24) is 5.32 Å². The van der Waals surface area contributed by atoms with Crippen molar-refractivity contribution in [2.45, 2.75) is 12.1 Å². The normalized spacial score (nSPS) is 24.7. The van der Waals surface area contributed by atoms with Crippen LogP contribution in [0, 0.1) is 0 Å². The molecule has 2 heterocycles. The van der Waals surface area contributed by atoms with E-state index in [4.69, 9.17) is 9.15 Å². The monoisotopic (exact) mass is 229 g/mol. The number of nitrogens with one attached hydrogen (secondary N) is 1. The molecule has 3 heteroatoms. The average molecular weight is 229 g/mol. The van der Waals surface area contributed by atoms with Crippen LogP contribution in [-0.4, -0.2) is 13.2 Å². The van der Waals surface area contributed by atoms with Gasteiger partial charge in [0.25, 0.3) is 0 Å². The second kappa shape index (κ2) is 4.73. The van der Waals surface area contributed by atoms with Crippen molar-refractivity contribution in [2.75, 3.05) is 13.2 Å². The Kier molecular flexibility index (Phi) is 2.94. The predicted octanol–water partition coefficient (Wildman–Crippen LogP) is 2.68. The summed E-state index contributed by atoms with van der Waals surface area (Å²) >= 11 is 0. The lowest BCUT2D eigenvalue weighted by Crippen LogP contribution is -2.36. The topological polar surface area (TPSA) is 34.4 Å². The van der Waals surface area contributed by atoms with Crippen LogP contribution in [-0.2, 0) is 4.74 Å². The fourth-order valence-electron chi connectivity index (χ4n) is 2.14. The van der Waals surface area contributed by atoms with E-state index >= 15 is 0 Å². The molecule has 1 aliphatic heterocycles. The Morgan fingerprint density at radius 3 is 2.59 bits per heavy atom. The molecule has 88 valence electrons. The Balaban J connectivity index is 1.65. The number of furan rings is 1. The van der Waals surface area contributed by atoms with Gasteiger partial charge in [-0.15, -0.1) is 0 Å². The smallest absolute Gasteiger partial charge is 0.133 e. The van der Waals surface area contributed by atoms with E-state index in [1.54, 1.807) is 6.26 Å². The first-order valence-corrected chi connectivity index (χ1v) is 5.87. The highest BCUT2D eigenvalue weighted by Crippen LogP contribution is 2.25. The van der Waals surface area contributed by atoms with Crippen LogP contribution < -0.4 is 5.32 Å². The zero-order chi connectivity index (χ0) is 11.5. The van der Waals surface area contributed by atoms with E-state index in [-0.39, 0.29) is 12.1 Å². The summed E-state index contributed by atoms with van der Waals surface area (Å²) in [6.07, 6.45) is 1.71. The van der Waals surface area contributed by atoms with E-state index in [9.17, 15) is 0 Å². The molecule has 0 amide bonds. The van der Waals surface area contributed by atoms with Crippen molar-refractivity contribution in [3.63, 3.8) is 0 Å². The predicted molar refractivity (Wildman–Crippen MR) is 64.6 cm³/mol. The van der Waals surface area contributed by atoms with Gasteiger partial charge in [0, 0.05) is 6.54 Å². The zero-order valence-electron chi connectivity index (χ0n) is 9.50. The highest BCUT2D eigenvalue weighted by Gasteiger charge is 2.24. The number of hydrogen-bond acceptors (Lipinski definition) is 3. The lowest BCUT2D eigenvalue weighted by molar-refractivity contribution is -0.00932. The molecule has 0 aliphatic carbocycles. The largest absolute Gasteiger partial charge is 0.467 e. The fourth-order valence-corrected chi connectivity index (χ4v) is 2.14. The second-order valence-electron chi connectivity index (χ2n) is 4.21. The summed E-state index contributed by atoms with van der Waals surface area (Å²) < 4.78 is 11.2. The molecule has 0 radical (unpaired) electrons. The molecular weight excluding hydrogens is 214 g/mol. The van der Waals surface area contributed by atoms with Gasteiger partial charge in [-0.1, -0.05) is 30.3 Å². The van der Waals surface area contributed by atoms with E-state index in [1.807, 2.05) is 18.2 Å². The first kappa shape index (κ1) is 10.6. The van der Waals surface area contributed by atoms with Gasteiger partial charge < -0.3 is 14.5 Å². The van der Waals surface area contributed by atoms with Crippen LogP contribution in [0.5, 0.6) is 0 Å². The van der Waals surface area contributed by atoms with Crippen molar-refractivity contribution >= 4 is 0 Å². The zero-order valence-corrected chi connectivity index (χ0v) is 9.50. The molecule has 3 nitrogen and oxygen atoms in total. The van der Waals surface area contributed by atoms with E-state index in [2.05, 4.69) is 29.6 Å². The molecule has 2 unspecified atom stereocenters. The molecule has 0 bridgehead atoms. The highest BCUT2D eigenvalue weighted by molar-refractivity contribution is 5.19. The maximum Gasteiger partial charge on any atom is 0.133 e. The Hall–Kier alpha value is -1.58. The third-order valence-electron chi connectivity index (χ3n) is 3.08. The lowest BCUT2D eigenvalue weighted by atomic mass is 10.1. The van der Waals surface area contributed by atoms with E-state index in [1.165, 1.54) is 5.56 Å². The van der Waals surface area contributed by atoms with Gasteiger partial charge in [0.15, 0.2) is 0 Å². The van der Waals surface area contributed by atoms with Crippen LogP contribution in [0.4, 0.5) is 0 Å². The molecular formula is C14H15NO2. The summed E-state index contributed by atoms with van der Waals surface area (Å²) in [6, 6.07) is 14.5. The summed E-state index contributed by atoms with van der Waals surface area (Å²) in [7, 11) is 0. The summed E-state index contributed by atoms with van der Waals surface area (Å²) in [5, 5.41) is 3.49. The van der Waals surface area contributed by atoms with Gasteiger partial charge in [0.05, 0.1) is 18.9 Å². The molecule has 1 aliphatic rings. The van der Waals surface area contributed by atoms with Gasteiger partial charge >= 0.3 is 0 Å². The van der Waals surface area contributed by atoms with Crippen LogP contribution in [0.1, 0.15) is 23.5 Å². The van der Waals surface area contributed by atoms with Gasteiger partial charge in [-0.25, -0.2) is 0 Å². The quantitative estimate of drug-likeness (QED) is 0.859. The van der Waals surface area contributed by atoms with Gasteiger partial charge in [-0.2, -0.15) is 0 Å². The van der Waals surface area contributed by atoms with Crippen LogP contribution in [0.25, 0.3) is 0 Å². The number of benzene rings is 1. The third kappa shape index (κ3) is 2.25. The maximum atomic E-state index is 5.83. The van der Waals surface area contributed by atoms with Crippen molar-refractivity contribution < 1.29 is 9.15 Å². The Labute approximate surface area is 100 Å². The Morgan fingerprint density at radius 1 is 1.06 bits per heavy atom. The minimum absolute atomic E-state index is 0.0324. The number of rotatable bonds is 2. The fraction of sp³-hybridized carbons (Fsp3) is 0.286. The summed E-state index contributed by atoms with van der Waals surface area (Å²) in [5.41, 5.74) is 1.27. The molecule has 2 atom stereocenters. The van der Waals surface area contributed by atoms with E-state index in [0.717, 1.165) is 12.3 Å². The number of hydrogen-bond donors (Lipinski definition) is 1. The summed E-state index contributed by atoms with van der Waals surface area (Å²) in [6.45, 7) is 1.46. The van der Waals surface area contributed by atoms with Crippen molar-refractivity contribution in [3.8, 4) is 0 Å². The van der Waals surface area contributed by atoms with Crippen LogP contribution >= 0.6 is 0 Å². The van der Waals surface area contributed by atoms with Gasteiger partial charge in [0.2, 0.25) is 0 Å². The standard InChI is InChI=1S/C14H15NO2/c1-2-5-11(6-3-1)12-10-17-14(9-15-12)13-7-4-8-16-13/h1-8,12,14-15H,9-10H2. The molecule has 0 spiro atoms. The van der Waals surface area contributed by atoms with Crippen molar-refractivity contribution in [1.29, 1.82) is 0 Å². The second-order valence-corrected chi connectivity index (χ2v) is 4.21. The first-order valence-electron chi connectivity index (χ1n) is 5.87. The first-order chi connectivity index (χ1) is 8.43. The molecule has 1 saturated heterocycles. The molecule has 1 fully saturated rings. The van der Waals surface area contributed by atoms with Crippen LogP contribution in [0.3, 0.4) is 0 Å². The molecule has 1 aromatic carbocycles. The van der Waals surface area contributed by atoms with Gasteiger partial charge in [0.1, 0.15) is 11.9 Å². The molecule has 1 N–H and O–H groups in total. The molecule has 17 heavy (non-hydrogen) atoms. The maximum absolute atomic E-state index is 5.83. The van der Waals surface area contributed by atoms with Crippen LogP contribution in [0.2, 0.25) is 0 Å². The molecule has 1 aromatic heterocycles. The third-order valence-corrected chi connectivity index (χ3v) is 3.08. The van der Waals surface area contributed by atoms with Crippen molar-refractivity contribution in [2.24, 2.45) is 0 Å². The SMILES string of the molecule is c1ccc(C2COC(c3ccco3)CN2)cc1. The number of ether oxygens (including phenoxy) is 1. The molecule has 0 saturated carbocycles. The van der Waals surface area contributed by atoms with Gasteiger partial charge in [-0.05, 0) is 17.7 Å². The number of morpholine rings is 1. The highest BCUT2D eigenvalue weighted by atomic mass is 16.5. The average Bonchev–Trinajstić information content (AvgIpc) is 2.94. The summed E-state index contributed by atoms with van der Waals surface area (Å²) in [5.74, 6) is 0.893. The van der Waals surface area contributed by atoms with Crippen LogP contribution in [0.15, 0.2) is 53.1 Å². The van der Waals surface area contributed by atoms with E-state index in [0.29, 0.717) is 6.61 Å². The summed E-state index contributed by atoms with van der Waals surface area (Å²) in [4.78, 5) is 0. The molecule has 2 aromatic rings. The van der Waals surface area contributed by atoms with Gasteiger partial charge in [-0.3, -0.25) is 0 Å². The minimum atomic E-state index is 0.0324. The van der Waals surface area contributed by atoms with Crippen molar-refractivity contribution in [3.05, 3.63) is 60.1 Å². The Bertz CT molecular complexity index is 444. The lowest BCUT2D eigenvalue weighted by Gasteiger charge is -2.29. The minimum Gasteiger partial charge on any atom is -0.467 e. The molecule has 3 rings (SSSR count).